The predicted octanol–water partition coefficient (Wildman–Crippen LogP) is 10.7. The molecule has 5 nitrogen and oxygen atoms in total. The summed E-state index contributed by atoms with van der Waals surface area (Å²) in [6.07, 6.45) is 0.323. The van der Waals surface area contributed by atoms with Gasteiger partial charge in [0.1, 0.15) is 30.5 Å². The molecule has 0 amide bonds. The summed E-state index contributed by atoms with van der Waals surface area (Å²) < 4.78 is 34.6. The largest absolute Gasteiger partial charge is 0.374 e. The quantitative estimate of drug-likeness (QED) is 0.0913. The second-order valence-corrected chi connectivity index (χ2v) is 15.0. The minimum atomic E-state index is -0.509. The highest BCUT2D eigenvalue weighted by atomic mass is 32.2. The van der Waals surface area contributed by atoms with Gasteiger partial charge in [0.2, 0.25) is 0 Å². The fourth-order valence-electron chi connectivity index (χ4n) is 7.15. The summed E-state index contributed by atoms with van der Waals surface area (Å²) in [6.45, 7) is 4.11. The van der Waals surface area contributed by atoms with Crippen LogP contribution in [0, 0.1) is 18.1 Å². The Balaban J connectivity index is 1.25. The molecular weight excluding hydrogens is 725 g/mol. The van der Waals surface area contributed by atoms with Crippen molar-refractivity contribution in [2.75, 3.05) is 12.9 Å². The van der Waals surface area contributed by atoms with Gasteiger partial charge in [0.25, 0.3) is 0 Å². The van der Waals surface area contributed by atoms with E-state index >= 15 is 0 Å². The van der Waals surface area contributed by atoms with E-state index in [9.17, 15) is 0 Å². The van der Waals surface area contributed by atoms with Crippen molar-refractivity contribution in [2.45, 2.75) is 70.3 Å². The van der Waals surface area contributed by atoms with Crippen LogP contribution >= 0.6 is 11.8 Å². The van der Waals surface area contributed by atoms with E-state index in [2.05, 4.69) is 109 Å². The van der Waals surface area contributed by atoms with Crippen LogP contribution in [0.5, 0.6) is 0 Å². The summed E-state index contributed by atoms with van der Waals surface area (Å²) in [5, 5.41) is 3.09. The van der Waals surface area contributed by atoms with E-state index in [1.165, 1.54) is 28.5 Å². The second kappa shape index (κ2) is 21.0. The molecule has 0 aliphatic carbocycles. The third-order valence-corrected chi connectivity index (χ3v) is 10.5. The second-order valence-electron chi connectivity index (χ2n) is 14.4. The van der Waals surface area contributed by atoms with Crippen LogP contribution in [0.2, 0.25) is 0 Å². The predicted molar refractivity (Wildman–Crippen MR) is 230 cm³/mol. The van der Waals surface area contributed by atoms with E-state index < -0.39 is 30.5 Å². The minimum Gasteiger partial charge on any atom is -0.374 e. The van der Waals surface area contributed by atoms with Crippen LogP contribution in [0.3, 0.4) is 0 Å². The molecule has 1 saturated heterocycles. The molecule has 5 atom stereocenters. The minimum absolute atomic E-state index is 0.311. The van der Waals surface area contributed by atoms with E-state index in [-0.39, 0.29) is 0 Å². The zero-order chi connectivity index (χ0) is 39.1. The number of rotatable bonds is 16. The smallest absolute Gasteiger partial charge is 0.117 e. The standard InChI is InChI=1S/C51H50O5S/c1-38-23-28-45(32-46(38)31-40-26-24-39(25-27-40)29-30-57-2)48-50(54-35-43-19-11-5-12-20-43)51(55-36-44-21-13-6-14-22-44)49(53-34-42-17-9-4-10-18-42)47(56-48)37-52-33-41-15-7-3-8-16-41/h3-28,32,47-51H,31,33-37H2,1-2H3/t47-,48+,49-,50+,51+/m1/s1. The molecule has 1 fully saturated rings. The van der Waals surface area contributed by atoms with Crippen LogP contribution in [-0.4, -0.2) is 37.3 Å². The SMILES string of the molecule is CSC#Cc1ccc(Cc2cc([C@@H]3O[C@H](COCc4ccccc4)[C@@H](OCc4ccccc4)[C@H](OCc4ccccc4)[C@H]3OCc3ccccc3)ccc2C)cc1. The fourth-order valence-corrected chi connectivity index (χ4v) is 7.37. The molecule has 1 aliphatic rings. The molecule has 0 spiro atoms. The van der Waals surface area contributed by atoms with Gasteiger partial charge in [-0.3, -0.25) is 0 Å². The Morgan fingerprint density at radius 2 is 1.05 bits per heavy atom. The monoisotopic (exact) mass is 774 g/mol. The van der Waals surface area contributed by atoms with Gasteiger partial charge >= 0.3 is 0 Å². The van der Waals surface area contributed by atoms with Gasteiger partial charge in [-0.15, -0.1) is 0 Å². The van der Waals surface area contributed by atoms with Gasteiger partial charge in [-0.05, 0) is 81.5 Å². The molecule has 0 unspecified atom stereocenters. The Hall–Kier alpha value is -4.97. The van der Waals surface area contributed by atoms with Crippen LogP contribution in [-0.2, 0) is 56.5 Å². The summed E-state index contributed by atoms with van der Waals surface area (Å²) in [7, 11) is 0. The van der Waals surface area contributed by atoms with E-state index in [0.29, 0.717) is 33.0 Å². The maximum Gasteiger partial charge on any atom is 0.117 e. The lowest BCUT2D eigenvalue weighted by Gasteiger charge is -2.46. The summed E-state index contributed by atoms with van der Waals surface area (Å²) >= 11 is 1.52. The lowest BCUT2D eigenvalue weighted by atomic mass is 9.88. The molecule has 1 heterocycles. The third-order valence-electron chi connectivity index (χ3n) is 10.2. The van der Waals surface area contributed by atoms with Crippen molar-refractivity contribution >= 4 is 11.8 Å². The molecule has 6 aromatic rings. The highest BCUT2D eigenvalue weighted by molar-refractivity contribution is 8.03. The van der Waals surface area contributed by atoms with Crippen molar-refractivity contribution in [3.63, 3.8) is 0 Å². The summed E-state index contributed by atoms with van der Waals surface area (Å²) in [4.78, 5) is 0. The Bertz CT molecular complexity index is 2150. The average molecular weight is 775 g/mol. The molecule has 0 bridgehead atoms. The van der Waals surface area contributed by atoms with Gasteiger partial charge in [-0.25, -0.2) is 0 Å². The van der Waals surface area contributed by atoms with E-state index in [1.54, 1.807) is 0 Å². The summed E-state index contributed by atoms with van der Waals surface area (Å²) in [6, 6.07) is 56.2. The lowest BCUT2D eigenvalue weighted by Crippen LogP contribution is -2.58. The third kappa shape index (κ3) is 11.6. The maximum atomic E-state index is 7.22. The van der Waals surface area contributed by atoms with Gasteiger partial charge < -0.3 is 23.7 Å². The van der Waals surface area contributed by atoms with Gasteiger partial charge in [-0.1, -0.05) is 169 Å². The number of hydrogen-bond acceptors (Lipinski definition) is 6. The highest BCUT2D eigenvalue weighted by Gasteiger charge is 2.49. The molecule has 1 aliphatic heterocycles. The number of hydrogen-bond donors (Lipinski definition) is 0. The van der Waals surface area contributed by atoms with Crippen molar-refractivity contribution in [1.82, 2.24) is 0 Å². The molecule has 0 saturated carbocycles. The lowest BCUT2D eigenvalue weighted by molar-refractivity contribution is -0.275. The van der Waals surface area contributed by atoms with Crippen molar-refractivity contribution < 1.29 is 23.7 Å². The van der Waals surface area contributed by atoms with E-state index in [0.717, 1.165) is 39.8 Å². The molecular formula is C51H50O5S. The Kier molecular flexibility index (Phi) is 14.8. The number of aryl methyl sites for hydroxylation is 1. The zero-order valence-corrected chi connectivity index (χ0v) is 33.5. The highest BCUT2D eigenvalue weighted by Crippen LogP contribution is 2.39. The molecule has 7 rings (SSSR count). The molecule has 290 valence electrons. The van der Waals surface area contributed by atoms with E-state index in [1.807, 2.05) is 79.1 Å². The Morgan fingerprint density at radius 3 is 1.60 bits per heavy atom. The van der Waals surface area contributed by atoms with Gasteiger partial charge in [0.05, 0.1) is 33.0 Å². The first-order chi connectivity index (χ1) is 28.1. The molecule has 0 aromatic heterocycles. The topological polar surface area (TPSA) is 46.2 Å². The van der Waals surface area contributed by atoms with Gasteiger partial charge in [0, 0.05) is 5.56 Å². The van der Waals surface area contributed by atoms with Crippen LogP contribution in [0.1, 0.15) is 56.2 Å². The van der Waals surface area contributed by atoms with Gasteiger partial charge in [-0.2, -0.15) is 0 Å². The van der Waals surface area contributed by atoms with Crippen LogP contribution < -0.4 is 0 Å². The first-order valence-electron chi connectivity index (χ1n) is 19.6. The van der Waals surface area contributed by atoms with Crippen LogP contribution in [0.4, 0.5) is 0 Å². The van der Waals surface area contributed by atoms with Crippen molar-refractivity contribution in [2.24, 2.45) is 0 Å². The molecule has 6 aromatic carbocycles. The first-order valence-corrected chi connectivity index (χ1v) is 20.8. The normalized spacial score (nSPS) is 19.1. The molecule has 57 heavy (non-hydrogen) atoms. The zero-order valence-electron chi connectivity index (χ0n) is 32.7. The van der Waals surface area contributed by atoms with Crippen molar-refractivity contribution in [1.29, 1.82) is 0 Å². The van der Waals surface area contributed by atoms with E-state index in [4.69, 9.17) is 23.7 Å². The Morgan fingerprint density at radius 1 is 0.544 bits per heavy atom. The van der Waals surface area contributed by atoms with Crippen LogP contribution in [0.25, 0.3) is 0 Å². The molecule has 0 radical (unpaired) electrons. The first kappa shape index (κ1) is 40.2. The van der Waals surface area contributed by atoms with Crippen LogP contribution in [0.15, 0.2) is 164 Å². The van der Waals surface area contributed by atoms with Gasteiger partial charge in [0.15, 0.2) is 0 Å². The molecule has 0 N–H and O–H groups in total. The summed E-state index contributed by atoms with van der Waals surface area (Å²) in [5.41, 5.74) is 10.0. The fraction of sp³-hybridized carbons (Fsp3) is 0.255. The number of thioether (sulfide) groups is 1. The maximum absolute atomic E-state index is 7.22. The number of ether oxygens (including phenoxy) is 5. The average Bonchev–Trinajstić information content (AvgIpc) is 3.26. The van der Waals surface area contributed by atoms with Crippen molar-refractivity contribution in [3.8, 4) is 11.2 Å². The van der Waals surface area contributed by atoms with Crippen molar-refractivity contribution in [3.05, 3.63) is 214 Å². The Labute approximate surface area is 342 Å². The summed E-state index contributed by atoms with van der Waals surface area (Å²) in [5.74, 6) is 3.20. The number of benzene rings is 6. The molecule has 6 heteroatoms.